The van der Waals surface area contributed by atoms with Gasteiger partial charge in [0.2, 0.25) is 23.6 Å². The van der Waals surface area contributed by atoms with Gasteiger partial charge in [0.15, 0.2) is 5.84 Å². The highest BCUT2D eigenvalue weighted by Gasteiger charge is 2.33. The van der Waals surface area contributed by atoms with Gasteiger partial charge in [-0.05, 0) is 124 Å². The molecule has 2 aliphatic rings. The predicted octanol–water partition coefficient (Wildman–Crippen LogP) is 10.9. The number of carbonyl (C=O) groups excluding carboxylic acids is 2. The number of amides is 2. The fourth-order valence-corrected chi connectivity index (χ4v) is 11.4. The molecule has 2 aliphatic heterocycles. The van der Waals surface area contributed by atoms with Crippen LogP contribution in [0.1, 0.15) is 73.4 Å². The minimum Gasteiger partial charge on any atom is -0.445 e. The van der Waals surface area contributed by atoms with Gasteiger partial charge in [0, 0.05) is 102 Å². The van der Waals surface area contributed by atoms with E-state index in [0.29, 0.717) is 53.7 Å². The number of nitrogens with one attached hydrogen (secondary N) is 2. The summed E-state index contributed by atoms with van der Waals surface area (Å²) in [5.74, 6) is 1.83. The Hall–Kier alpha value is -11.4. The number of benzene rings is 4. The van der Waals surface area contributed by atoms with Crippen LogP contribution in [0.5, 0.6) is 0 Å². The van der Waals surface area contributed by atoms with E-state index in [0.717, 1.165) is 98.2 Å². The van der Waals surface area contributed by atoms with Crippen molar-refractivity contribution in [2.75, 3.05) is 23.7 Å². The van der Waals surface area contributed by atoms with Crippen molar-refractivity contribution in [1.29, 1.82) is 0 Å². The molecule has 0 aliphatic carbocycles. The predicted molar refractivity (Wildman–Crippen MR) is 361 cm³/mol. The molecular formula is C68H68N16O10S2. The van der Waals surface area contributed by atoms with Crippen LogP contribution >= 0.6 is 0 Å². The number of aromatic nitrogens is 10. The third-order valence-corrected chi connectivity index (χ3v) is 16.3. The fraction of sp³-hybridized carbons (Fsp3) is 0.250. The summed E-state index contributed by atoms with van der Waals surface area (Å²) in [6, 6.07) is 46.9. The molecule has 0 spiro atoms. The van der Waals surface area contributed by atoms with Gasteiger partial charge < -0.3 is 54.5 Å². The number of pyridine rings is 2. The molecule has 0 unspecified atom stereocenters. The summed E-state index contributed by atoms with van der Waals surface area (Å²) in [7, 11) is 0. The molecule has 13 rings (SSSR count). The Morgan fingerprint density at radius 1 is 0.583 bits per heavy atom. The summed E-state index contributed by atoms with van der Waals surface area (Å²) in [6.07, 6.45) is 10.5. The number of likely N-dealkylation sites (tertiary alicyclic amines) is 2. The molecule has 11 aromatic rings. The number of fused-ring (bicyclic) bond motifs is 2. The summed E-state index contributed by atoms with van der Waals surface area (Å²) >= 11 is -1.50. The summed E-state index contributed by atoms with van der Waals surface area (Å²) in [4.78, 5) is 62.8. The van der Waals surface area contributed by atoms with Crippen LogP contribution < -0.4 is 16.4 Å². The Balaban J connectivity index is 0.000000193. The number of aryl methyl sites for hydroxylation is 3. The van der Waals surface area contributed by atoms with Crippen molar-refractivity contribution in [3.05, 3.63) is 204 Å². The second-order valence-electron chi connectivity index (χ2n) is 22.8. The van der Waals surface area contributed by atoms with E-state index >= 15 is 0 Å². The summed E-state index contributed by atoms with van der Waals surface area (Å²) < 4.78 is 53.7. The first kappa shape index (κ1) is 67.5. The molecule has 9 heterocycles. The van der Waals surface area contributed by atoms with Crippen LogP contribution in [0.3, 0.4) is 0 Å². The Morgan fingerprint density at radius 2 is 1.01 bits per heavy atom. The van der Waals surface area contributed by atoms with E-state index in [1.807, 2.05) is 177 Å². The molecule has 4 atom stereocenters. The molecule has 0 radical (unpaired) electrons. The standard InChI is InChI=1S/C35H34N8O3.C33H34N8O3.2O2S/c1-22-18-36-34(38-26-15-14-23(2)42(19-26)35(44)45-21-25-10-6-4-7-11-25)40-31(22)29-20-43(27-12-8-5-9-13-27)33-28(29)16-17-30(39-33)32-37-24(3)46-41-32;1-21-17-35-32(36-24-14-13-22(2)40(18-24)33(42)44-20-23-9-5-3-6-10-23)38-29(21)27-19-41(25-11-7-4-8-12-25)31-26(27)15-16-28(37-31)30(34)39-43;2*1-3-2/h4-13,16-18,20,23,26H,14-15,19,21H2,1-3H3,(H,36,38,40);3-12,15-17,19,22,24,43H,13-14,18,20H2,1-2H3,(H2,34,39)(H,35,36,38);;/t23-,26-;22-,24-;;/m00../s1. The zero-order valence-corrected chi connectivity index (χ0v) is 54.6. The van der Waals surface area contributed by atoms with Gasteiger partial charge in [0.05, 0.1) is 11.4 Å². The second-order valence-corrected chi connectivity index (χ2v) is 23.0. The van der Waals surface area contributed by atoms with E-state index in [1.54, 1.807) is 29.0 Å². The highest BCUT2D eigenvalue weighted by atomic mass is 32.1. The van der Waals surface area contributed by atoms with Crippen molar-refractivity contribution in [3.8, 4) is 45.4 Å². The zero-order valence-electron chi connectivity index (χ0n) is 53.0. The Kier molecular flexibility index (Phi) is 22.5. The third-order valence-electron chi connectivity index (χ3n) is 16.3. The van der Waals surface area contributed by atoms with E-state index in [9.17, 15) is 14.8 Å². The first-order chi connectivity index (χ1) is 46.7. The van der Waals surface area contributed by atoms with Crippen LogP contribution in [0.4, 0.5) is 21.5 Å². The van der Waals surface area contributed by atoms with Crippen molar-refractivity contribution in [3.63, 3.8) is 0 Å². The van der Waals surface area contributed by atoms with Gasteiger partial charge in [0.1, 0.15) is 35.9 Å². The van der Waals surface area contributed by atoms with Gasteiger partial charge in [-0.1, -0.05) is 107 Å². The lowest BCUT2D eigenvalue weighted by molar-refractivity contribution is 0.0689. The molecular weight excluding hydrogens is 1260 g/mol. The number of nitrogens with two attached hydrogens (primary N) is 1. The monoisotopic (exact) mass is 1330 g/mol. The van der Waals surface area contributed by atoms with Crippen LogP contribution in [0.2, 0.25) is 0 Å². The van der Waals surface area contributed by atoms with E-state index in [1.165, 1.54) is 0 Å². The lowest BCUT2D eigenvalue weighted by Gasteiger charge is -2.37. The number of para-hydroxylation sites is 2. The molecule has 4 aromatic carbocycles. The Bertz CT molecular complexity index is 4580. The third kappa shape index (κ3) is 16.3. The Morgan fingerprint density at radius 3 is 1.44 bits per heavy atom. The van der Waals surface area contributed by atoms with Crippen molar-refractivity contribution >= 4 is 75.1 Å². The number of hydrogen-bond donors (Lipinski definition) is 4. The number of amidine groups is 1. The summed E-state index contributed by atoms with van der Waals surface area (Å²) in [5, 5.41) is 25.2. The highest BCUT2D eigenvalue weighted by Crippen LogP contribution is 2.36. The average molecular weight is 1330 g/mol. The summed E-state index contributed by atoms with van der Waals surface area (Å²) in [6.45, 7) is 11.3. The number of rotatable bonds is 14. The van der Waals surface area contributed by atoms with Crippen LogP contribution in [0.15, 0.2) is 180 Å². The summed E-state index contributed by atoms with van der Waals surface area (Å²) in [5.41, 5.74) is 17.2. The van der Waals surface area contributed by atoms with Crippen molar-refractivity contribution in [2.45, 2.75) is 97.7 Å². The highest BCUT2D eigenvalue weighted by molar-refractivity contribution is 7.52. The maximum atomic E-state index is 13.0. The van der Waals surface area contributed by atoms with Crippen LogP contribution in [0.25, 0.3) is 67.5 Å². The molecule has 0 bridgehead atoms. The normalized spacial score (nSPS) is 15.9. The average Bonchev–Trinajstić information content (AvgIpc) is 1.61. The van der Waals surface area contributed by atoms with Gasteiger partial charge >= 0.3 is 35.3 Å². The SMILES string of the molecule is Cc1cnc(N[C@H]2CC[C@H](C)N(C(=O)OCc3ccccc3)C2)nc1-c1cn(-c2ccccc2)c2nc(/C(N)=N/O)ccc12.Cc1nc(-c2ccc3c(-c4nc(N[C@H]5CC[C@H](C)N(C(=O)OCc6ccccc6)C5)ncc4C)cn(-c4ccccc4)c3n2)no1.O=S=O.O=S=O. The number of nitrogens with zero attached hydrogens (tertiary/aromatic N) is 13. The molecule has 5 N–H and O–H groups in total. The van der Waals surface area contributed by atoms with E-state index in [-0.39, 0.29) is 55.4 Å². The fourth-order valence-electron chi connectivity index (χ4n) is 11.4. The largest absolute Gasteiger partial charge is 0.445 e. The van der Waals surface area contributed by atoms with Gasteiger partial charge in [-0.15, -0.1) is 0 Å². The number of oxime groups is 1. The van der Waals surface area contributed by atoms with Gasteiger partial charge in [-0.25, -0.2) is 39.5 Å². The van der Waals surface area contributed by atoms with Gasteiger partial charge in [-0.2, -0.15) is 21.8 Å². The van der Waals surface area contributed by atoms with Gasteiger partial charge in [-0.3, -0.25) is 0 Å². The molecule has 28 heteroatoms. The minimum absolute atomic E-state index is 0.0238. The lowest BCUT2D eigenvalue weighted by atomic mass is 10.00. The van der Waals surface area contributed by atoms with Crippen molar-refractivity contribution in [1.82, 2.24) is 59.0 Å². The Labute approximate surface area is 558 Å². The smallest absolute Gasteiger partial charge is 0.410 e. The van der Waals surface area contributed by atoms with Crippen LogP contribution in [-0.2, 0) is 45.8 Å². The number of anilines is 2. The number of hydrogen-bond acceptors (Lipinski definition) is 21. The first-order valence-corrected chi connectivity index (χ1v) is 31.9. The first-order valence-electron chi connectivity index (χ1n) is 30.6. The number of carbonyl (C=O) groups is 2. The quantitative estimate of drug-likeness (QED) is 0.0340. The van der Waals surface area contributed by atoms with Crippen LogP contribution in [0, 0.1) is 20.8 Å². The zero-order chi connectivity index (χ0) is 67.7. The molecule has 492 valence electrons. The van der Waals surface area contributed by atoms with Crippen molar-refractivity contribution < 1.29 is 45.6 Å². The maximum absolute atomic E-state index is 13.0. The molecule has 2 amide bonds. The minimum atomic E-state index is -0.750. The van der Waals surface area contributed by atoms with E-state index in [2.05, 4.69) is 53.6 Å². The van der Waals surface area contributed by atoms with Crippen LogP contribution in [-0.4, -0.2) is 136 Å². The maximum Gasteiger partial charge on any atom is 0.410 e. The van der Waals surface area contributed by atoms with Gasteiger partial charge in [0.25, 0.3) is 0 Å². The second kappa shape index (κ2) is 32.0. The number of ether oxygens (including phenoxy) is 2. The molecule has 2 fully saturated rings. The molecule has 2 saturated heterocycles. The molecule has 0 saturated carbocycles. The topological polar surface area (TPSA) is 336 Å². The lowest BCUT2D eigenvalue weighted by Crippen LogP contribution is -2.50. The van der Waals surface area contributed by atoms with Crippen molar-refractivity contribution in [2.24, 2.45) is 10.9 Å². The van der Waals surface area contributed by atoms with E-state index in [4.69, 9.17) is 56.5 Å². The van der Waals surface area contributed by atoms with E-state index < -0.39 is 23.1 Å². The molecule has 96 heavy (non-hydrogen) atoms. The number of piperidine rings is 2. The molecule has 7 aromatic heterocycles. The molecule has 26 nitrogen and oxygen atoms in total.